The summed E-state index contributed by atoms with van der Waals surface area (Å²) in [6, 6.07) is 7.23. The van der Waals surface area contributed by atoms with Gasteiger partial charge in [0.15, 0.2) is 0 Å². The Balaban J connectivity index is 2.60. The lowest BCUT2D eigenvalue weighted by atomic mass is 10.1. The van der Waals surface area contributed by atoms with Crippen molar-refractivity contribution in [2.45, 2.75) is 6.92 Å². The average molecular weight is 265 g/mol. The van der Waals surface area contributed by atoms with Gasteiger partial charge in [-0.1, -0.05) is 35.0 Å². The number of nitrogens with zero attached hydrogens (tertiary/aromatic N) is 2. The molecule has 4 nitrogen and oxygen atoms in total. The van der Waals surface area contributed by atoms with Crippen LogP contribution in [-0.4, -0.2) is 30.1 Å². The topological polar surface area (TPSA) is 46.3 Å². The summed E-state index contributed by atoms with van der Waals surface area (Å²) in [5, 5.41) is 4.48. The molecule has 0 aliphatic heterocycles. The summed E-state index contributed by atoms with van der Waals surface area (Å²) in [6.45, 7) is 1.71. The summed E-state index contributed by atoms with van der Waals surface area (Å²) in [5.41, 5.74) is 1.63. The Labute approximate surface area is 110 Å². The second-order valence-electron chi connectivity index (χ2n) is 4.14. The van der Waals surface area contributed by atoms with E-state index < -0.39 is 0 Å². The third-order valence-corrected chi connectivity index (χ3v) is 2.94. The molecule has 0 spiro atoms. The zero-order chi connectivity index (χ0) is 13.3. The number of carbonyl (C=O) groups is 1. The number of rotatable bonds is 2. The monoisotopic (exact) mass is 264 g/mol. The van der Waals surface area contributed by atoms with E-state index in [0.29, 0.717) is 27.6 Å². The van der Waals surface area contributed by atoms with Gasteiger partial charge in [0.1, 0.15) is 17.0 Å². The highest BCUT2D eigenvalue weighted by molar-refractivity contribution is 6.33. The molecule has 0 atom stereocenters. The Morgan fingerprint density at radius 1 is 1.33 bits per heavy atom. The maximum absolute atomic E-state index is 12.1. The van der Waals surface area contributed by atoms with E-state index >= 15 is 0 Å². The van der Waals surface area contributed by atoms with Crippen LogP contribution in [0.3, 0.4) is 0 Å². The van der Waals surface area contributed by atoms with Crippen molar-refractivity contribution < 1.29 is 9.32 Å². The Morgan fingerprint density at radius 3 is 2.61 bits per heavy atom. The van der Waals surface area contributed by atoms with Gasteiger partial charge in [-0.25, -0.2) is 0 Å². The summed E-state index contributed by atoms with van der Waals surface area (Å²) in [6.07, 6.45) is 0. The molecule has 0 fully saturated rings. The van der Waals surface area contributed by atoms with Crippen LogP contribution in [-0.2, 0) is 0 Å². The third kappa shape index (κ3) is 2.11. The van der Waals surface area contributed by atoms with Gasteiger partial charge in [-0.05, 0) is 13.0 Å². The molecule has 1 aromatic carbocycles. The van der Waals surface area contributed by atoms with Crippen LogP contribution in [0.5, 0.6) is 0 Å². The second-order valence-corrected chi connectivity index (χ2v) is 4.55. The molecule has 0 aliphatic carbocycles. The van der Waals surface area contributed by atoms with Crippen LogP contribution in [0.25, 0.3) is 11.3 Å². The minimum Gasteiger partial charge on any atom is -0.360 e. The predicted molar refractivity (Wildman–Crippen MR) is 69.7 cm³/mol. The molecule has 0 saturated heterocycles. The van der Waals surface area contributed by atoms with E-state index in [2.05, 4.69) is 5.16 Å². The molecule has 18 heavy (non-hydrogen) atoms. The van der Waals surface area contributed by atoms with Gasteiger partial charge in [-0.2, -0.15) is 0 Å². The number of hydrogen-bond donors (Lipinski definition) is 0. The number of aryl methyl sites for hydroxylation is 1. The summed E-state index contributed by atoms with van der Waals surface area (Å²) in [4.78, 5) is 13.6. The van der Waals surface area contributed by atoms with Crippen LogP contribution in [0.15, 0.2) is 28.8 Å². The highest BCUT2D eigenvalue weighted by atomic mass is 35.5. The van der Waals surface area contributed by atoms with E-state index in [1.54, 1.807) is 27.1 Å². The summed E-state index contributed by atoms with van der Waals surface area (Å²) in [7, 11) is 3.37. The molecule has 1 heterocycles. The molecule has 1 aromatic heterocycles. The van der Waals surface area contributed by atoms with E-state index in [9.17, 15) is 4.79 Å². The van der Waals surface area contributed by atoms with Crippen molar-refractivity contribution in [3.8, 4) is 11.3 Å². The van der Waals surface area contributed by atoms with Crippen molar-refractivity contribution in [3.63, 3.8) is 0 Å². The summed E-state index contributed by atoms with van der Waals surface area (Å²) < 4.78 is 5.12. The predicted octanol–water partition coefficient (Wildman–Crippen LogP) is 3.01. The highest BCUT2D eigenvalue weighted by Crippen LogP contribution is 2.31. The molecule has 0 unspecified atom stereocenters. The normalized spacial score (nSPS) is 10.4. The molecular formula is C13H13ClN2O2. The molecule has 0 saturated carbocycles. The van der Waals surface area contributed by atoms with Crippen LogP contribution in [0.2, 0.25) is 5.02 Å². The van der Waals surface area contributed by atoms with Gasteiger partial charge >= 0.3 is 0 Å². The summed E-state index contributed by atoms with van der Waals surface area (Å²) >= 11 is 6.12. The number of benzene rings is 1. The van der Waals surface area contributed by atoms with Gasteiger partial charge in [0, 0.05) is 19.7 Å². The highest BCUT2D eigenvalue weighted by Gasteiger charge is 2.23. The van der Waals surface area contributed by atoms with Gasteiger partial charge in [0.05, 0.1) is 5.02 Å². The first-order valence-electron chi connectivity index (χ1n) is 5.45. The number of aromatic nitrogens is 1. The fourth-order valence-corrected chi connectivity index (χ4v) is 1.91. The van der Waals surface area contributed by atoms with Crippen molar-refractivity contribution >= 4 is 17.5 Å². The maximum atomic E-state index is 12.1. The molecule has 0 aliphatic rings. The standard InChI is InChI=1S/C13H13ClN2O2/c1-8-11(13(17)16(2)3)12(15-18-8)9-6-4-5-7-10(9)14/h4-7H,1-3H3. The Hall–Kier alpha value is -1.81. The van der Waals surface area contributed by atoms with Crippen molar-refractivity contribution in [3.05, 3.63) is 40.6 Å². The van der Waals surface area contributed by atoms with Crippen molar-refractivity contribution in [1.29, 1.82) is 0 Å². The van der Waals surface area contributed by atoms with E-state index in [4.69, 9.17) is 16.1 Å². The van der Waals surface area contributed by atoms with Gasteiger partial charge in [-0.3, -0.25) is 4.79 Å². The third-order valence-electron chi connectivity index (χ3n) is 2.61. The van der Waals surface area contributed by atoms with Gasteiger partial charge < -0.3 is 9.42 Å². The van der Waals surface area contributed by atoms with Crippen LogP contribution in [0.1, 0.15) is 16.1 Å². The molecular weight excluding hydrogens is 252 g/mol. The molecule has 2 rings (SSSR count). The average Bonchev–Trinajstić information content (AvgIpc) is 2.70. The van der Waals surface area contributed by atoms with Crippen LogP contribution in [0, 0.1) is 6.92 Å². The first-order valence-corrected chi connectivity index (χ1v) is 5.83. The minimum absolute atomic E-state index is 0.149. The van der Waals surface area contributed by atoms with E-state index in [1.807, 2.05) is 18.2 Å². The van der Waals surface area contributed by atoms with E-state index in [0.717, 1.165) is 0 Å². The minimum atomic E-state index is -0.149. The lowest BCUT2D eigenvalue weighted by molar-refractivity contribution is 0.0826. The van der Waals surface area contributed by atoms with Gasteiger partial charge in [0.25, 0.3) is 5.91 Å². The number of carbonyl (C=O) groups excluding carboxylic acids is 1. The second kappa shape index (κ2) is 4.82. The molecule has 0 N–H and O–H groups in total. The fourth-order valence-electron chi connectivity index (χ4n) is 1.68. The first-order chi connectivity index (χ1) is 8.52. The molecule has 0 radical (unpaired) electrons. The number of amides is 1. The largest absolute Gasteiger partial charge is 0.360 e. The molecule has 1 amide bonds. The van der Waals surface area contributed by atoms with Crippen LogP contribution < -0.4 is 0 Å². The lowest BCUT2D eigenvalue weighted by Crippen LogP contribution is -2.22. The molecule has 5 heteroatoms. The smallest absolute Gasteiger partial charge is 0.259 e. The summed E-state index contributed by atoms with van der Waals surface area (Å²) in [5.74, 6) is 0.340. The van der Waals surface area contributed by atoms with Gasteiger partial charge in [0.2, 0.25) is 0 Å². The zero-order valence-corrected chi connectivity index (χ0v) is 11.2. The van der Waals surface area contributed by atoms with Gasteiger partial charge in [-0.15, -0.1) is 0 Å². The van der Waals surface area contributed by atoms with Crippen LogP contribution >= 0.6 is 11.6 Å². The lowest BCUT2D eigenvalue weighted by Gasteiger charge is -2.10. The molecule has 94 valence electrons. The maximum Gasteiger partial charge on any atom is 0.259 e. The molecule has 2 aromatic rings. The SMILES string of the molecule is Cc1onc(-c2ccccc2Cl)c1C(=O)N(C)C. The number of halogens is 1. The van der Waals surface area contributed by atoms with Crippen molar-refractivity contribution in [1.82, 2.24) is 10.1 Å². The molecule has 0 bridgehead atoms. The fraction of sp³-hybridized carbons (Fsp3) is 0.231. The Morgan fingerprint density at radius 2 is 2.00 bits per heavy atom. The first kappa shape index (κ1) is 12.6. The Kier molecular flexibility index (Phi) is 3.39. The zero-order valence-electron chi connectivity index (χ0n) is 10.4. The van der Waals surface area contributed by atoms with Crippen molar-refractivity contribution in [2.75, 3.05) is 14.1 Å². The van der Waals surface area contributed by atoms with E-state index in [-0.39, 0.29) is 5.91 Å². The van der Waals surface area contributed by atoms with E-state index in [1.165, 1.54) is 4.90 Å². The number of hydrogen-bond acceptors (Lipinski definition) is 3. The quantitative estimate of drug-likeness (QED) is 0.838. The Bertz CT molecular complexity index is 590. The van der Waals surface area contributed by atoms with Crippen molar-refractivity contribution in [2.24, 2.45) is 0 Å². The van der Waals surface area contributed by atoms with Crippen LogP contribution in [0.4, 0.5) is 0 Å².